The number of nitrogens with zero attached hydrogens (tertiary/aromatic N) is 3. The second-order valence-electron chi connectivity index (χ2n) is 9.98. The van der Waals surface area contributed by atoms with Crippen LogP contribution in [-0.2, 0) is 4.79 Å². The SMILES string of the molecule is Cc1ccc(NC(=O)CCN2C(=S)N[C@@H](c3ccccn3)[C@@H]2c2cc(C)n(-c3ccc(C)cc3)c2C)cc1. The number of aromatic nitrogens is 2. The van der Waals surface area contributed by atoms with Crippen molar-refractivity contribution in [3.8, 4) is 5.69 Å². The van der Waals surface area contributed by atoms with Crippen molar-refractivity contribution in [3.63, 3.8) is 0 Å². The van der Waals surface area contributed by atoms with Crippen molar-refractivity contribution in [2.24, 2.45) is 0 Å². The first-order valence-electron chi connectivity index (χ1n) is 12.9. The van der Waals surface area contributed by atoms with Crippen LogP contribution < -0.4 is 10.6 Å². The average Bonchev–Trinajstić information content (AvgIpc) is 3.39. The maximum atomic E-state index is 12.9. The molecule has 1 aliphatic rings. The monoisotopic (exact) mass is 523 g/mol. The molecule has 0 spiro atoms. The molecule has 4 aromatic rings. The van der Waals surface area contributed by atoms with E-state index in [2.05, 4.69) is 76.2 Å². The smallest absolute Gasteiger partial charge is 0.226 e. The van der Waals surface area contributed by atoms with Crippen molar-refractivity contribution in [1.29, 1.82) is 0 Å². The molecule has 2 aromatic carbocycles. The summed E-state index contributed by atoms with van der Waals surface area (Å²) in [5.74, 6) is -0.0400. The number of rotatable bonds is 7. The molecule has 0 aliphatic carbocycles. The normalized spacial score (nSPS) is 16.9. The van der Waals surface area contributed by atoms with E-state index in [4.69, 9.17) is 12.2 Å². The van der Waals surface area contributed by atoms with Gasteiger partial charge in [-0.2, -0.15) is 0 Å². The van der Waals surface area contributed by atoms with Crippen LogP contribution in [0.25, 0.3) is 5.69 Å². The highest BCUT2D eigenvalue weighted by Gasteiger charge is 2.41. The summed E-state index contributed by atoms with van der Waals surface area (Å²) in [4.78, 5) is 19.7. The number of carbonyl (C=O) groups excluding carboxylic acids is 1. The predicted molar refractivity (Wildman–Crippen MR) is 157 cm³/mol. The van der Waals surface area contributed by atoms with E-state index < -0.39 is 0 Å². The van der Waals surface area contributed by atoms with E-state index in [0.29, 0.717) is 18.1 Å². The van der Waals surface area contributed by atoms with Crippen molar-refractivity contribution in [2.75, 3.05) is 11.9 Å². The molecule has 6 nitrogen and oxygen atoms in total. The summed E-state index contributed by atoms with van der Waals surface area (Å²) in [6, 6.07) is 24.4. The summed E-state index contributed by atoms with van der Waals surface area (Å²) in [7, 11) is 0. The van der Waals surface area contributed by atoms with Crippen LogP contribution in [0.5, 0.6) is 0 Å². The molecule has 2 atom stereocenters. The number of aryl methyl sites for hydroxylation is 3. The molecule has 0 saturated carbocycles. The van der Waals surface area contributed by atoms with E-state index >= 15 is 0 Å². The molecule has 194 valence electrons. The lowest BCUT2D eigenvalue weighted by atomic mass is 9.96. The summed E-state index contributed by atoms with van der Waals surface area (Å²) in [6.45, 7) is 8.90. The van der Waals surface area contributed by atoms with E-state index in [1.807, 2.05) is 55.6 Å². The summed E-state index contributed by atoms with van der Waals surface area (Å²) in [6.07, 6.45) is 2.13. The largest absolute Gasteiger partial charge is 0.352 e. The van der Waals surface area contributed by atoms with Gasteiger partial charge in [-0.1, -0.05) is 41.5 Å². The fraction of sp³-hybridized carbons (Fsp3) is 0.258. The quantitative estimate of drug-likeness (QED) is 0.286. The molecule has 0 unspecified atom stereocenters. The third-order valence-electron chi connectivity index (χ3n) is 7.19. The molecule has 38 heavy (non-hydrogen) atoms. The Morgan fingerprint density at radius 3 is 2.32 bits per heavy atom. The number of nitrogens with one attached hydrogen (secondary N) is 2. The van der Waals surface area contributed by atoms with Crippen LogP contribution in [0.2, 0.25) is 0 Å². The standard InChI is InChI=1S/C31H33N5OS/c1-20-8-12-24(13-9-20)33-28(37)16-18-35-30(29(34-31(35)38)27-7-5-6-17-32-27)26-19-22(3)36(23(26)4)25-14-10-21(2)11-15-25/h5-15,17,19,29-30H,16,18H2,1-4H3,(H,33,37)(H,34,38)/t29-,30-/m0/s1. The van der Waals surface area contributed by atoms with Crippen LogP contribution in [0.3, 0.4) is 0 Å². The fourth-order valence-electron chi connectivity index (χ4n) is 5.25. The molecule has 0 bridgehead atoms. The van der Waals surface area contributed by atoms with Crippen LogP contribution in [0.1, 0.15) is 52.3 Å². The Morgan fingerprint density at radius 1 is 0.974 bits per heavy atom. The second kappa shape index (κ2) is 10.8. The van der Waals surface area contributed by atoms with Gasteiger partial charge < -0.3 is 20.1 Å². The van der Waals surface area contributed by atoms with Gasteiger partial charge in [0.2, 0.25) is 5.91 Å². The third-order valence-corrected chi connectivity index (χ3v) is 7.55. The van der Waals surface area contributed by atoms with Gasteiger partial charge in [-0.05, 0) is 87.9 Å². The first-order chi connectivity index (χ1) is 18.3. The Balaban J connectivity index is 1.46. The molecule has 1 aliphatic heterocycles. The van der Waals surface area contributed by atoms with Gasteiger partial charge in [-0.15, -0.1) is 0 Å². The minimum atomic E-state index is -0.129. The highest BCUT2D eigenvalue weighted by molar-refractivity contribution is 7.80. The molecule has 1 amide bonds. The molecule has 0 radical (unpaired) electrons. The summed E-state index contributed by atoms with van der Waals surface area (Å²) >= 11 is 5.83. The van der Waals surface area contributed by atoms with Crippen molar-refractivity contribution in [1.82, 2.24) is 19.8 Å². The molecule has 1 fully saturated rings. The van der Waals surface area contributed by atoms with Gasteiger partial charge in [0.05, 0.1) is 17.8 Å². The number of pyridine rings is 1. The molecular weight excluding hydrogens is 490 g/mol. The topological polar surface area (TPSA) is 62.2 Å². The second-order valence-corrected chi connectivity index (χ2v) is 10.4. The van der Waals surface area contributed by atoms with Crippen molar-refractivity contribution < 1.29 is 4.79 Å². The summed E-state index contributed by atoms with van der Waals surface area (Å²) in [5, 5.41) is 7.15. The summed E-state index contributed by atoms with van der Waals surface area (Å²) < 4.78 is 2.29. The number of hydrogen-bond donors (Lipinski definition) is 2. The Kier molecular flexibility index (Phi) is 7.29. The molecule has 7 heteroatoms. The maximum absolute atomic E-state index is 12.9. The van der Waals surface area contributed by atoms with Crippen molar-refractivity contribution in [2.45, 2.75) is 46.2 Å². The van der Waals surface area contributed by atoms with Gasteiger partial charge in [-0.25, -0.2) is 0 Å². The highest BCUT2D eigenvalue weighted by atomic mass is 32.1. The van der Waals surface area contributed by atoms with Gasteiger partial charge in [0.25, 0.3) is 0 Å². The molecule has 3 heterocycles. The lowest BCUT2D eigenvalue weighted by molar-refractivity contribution is -0.116. The van der Waals surface area contributed by atoms with Crippen LogP contribution in [0.4, 0.5) is 5.69 Å². The molecule has 1 saturated heterocycles. The van der Waals surface area contributed by atoms with E-state index in [1.54, 1.807) is 0 Å². The van der Waals surface area contributed by atoms with E-state index in [-0.39, 0.29) is 18.0 Å². The Bertz CT molecular complexity index is 1440. The third kappa shape index (κ3) is 5.20. The first kappa shape index (κ1) is 25.7. The Hall–Kier alpha value is -3.97. The fourth-order valence-corrected chi connectivity index (χ4v) is 5.58. The summed E-state index contributed by atoms with van der Waals surface area (Å²) in [5.41, 5.74) is 8.71. The lowest BCUT2D eigenvalue weighted by Crippen LogP contribution is -2.32. The molecular formula is C31H33N5OS. The van der Waals surface area contributed by atoms with Gasteiger partial charge >= 0.3 is 0 Å². The number of benzene rings is 2. The number of carbonyl (C=O) groups is 1. The van der Waals surface area contributed by atoms with Gasteiger partial charge in [0.1, 0.15) is 0 Å². The highest BCUT2D eigenvalue weighted by Crippen LogP contribution is 2.41. The molecule has 2 N–H and O–H groups in total. The maximum Gasteiger partial charge on any atom is 0.226 e. The number of amides is 1. The average molecular weight is 524 g/mol. The number of thiocarbonyl (C=S) groups is 1. The molecule has 5 rings (SSSR count). The predicted octanol–water partition coefficient (Wildman–Crippen LogP) is 6.11. The van der Waals surface area contributed by atoms with Gasteiger partial charge in [0, 0.05) is 41.9 Å². The first-order valence-corrected chi connectivity index (χ1v) is 13.3. The van der Waals surface area contributed by atoms with Crippen molar-refractivity contribution in [3.05, 3.63) is 113 Å². The van der Waals surface area contributed by atoms with Crippen molar-refractivity contribution >= 4 is 28.9 Å². The van der Waals surface area contributed by atoms with E-state index in [1.165, 1.54) is 11.1 Å². The minimum absolute atomic E-state index is 0.0400. The van der Waals surface area contributed by atoms with Crippen LogP contribution in [0.15, 0.2) is 79.0 Å². The van der Waals surface area contributed by atoms with Gasteiger partial charge in [-0.3, -0.25) is 9.78 Å². The van der Waals surface area contributed by atoms with E-state index in [0.717, 1.165) is 34.0 Å². The minimum Gasteiger partial charge on any atom is -0.352 e. The lowest BCUT2D eigenvalue weighted by Gasteiger charge is -2.28. The van der Waals surface area contributed by atoms with Crippen LogP contribution >= 0.6 is 12.2 Å². The van der Waals surface area contributed by atoms with Crippen LogP contribution in [-0.4, -0.2) is 32.0 Å². The number of hydrogen-bond acceptors (Lipinski definition) is 3. The number of anilines is 1. The Labute approximate surface area is 229 Å². The zero-order chi connectivity index (χ0) is 26.8. The van der Waals surface area contributed by atoms with Crippen LogP contribution in [0, 0.1) is 27.7 Å². The zero-order valence-electron chi connectivity index (χ0n) is 22.2. The Morgan fingerprint density at radius 2 is 1.66 bits per heavy atom. The van der Waals surface area contributed by atoms with E-state index in [9.17, 15) is 4.79 Å². The molecule has 2 aromatic heterocycles. The zero-order valence-corrected chi connectivity index (χ0v) is 23.0. The van der Waals surface area contributed by atoms with Gasteiger partial charge in [0.15, 0.2) is 5.11 Å².